The number of halogens is 3. The highest BCUT2D eigenvalue weighted by molar-refractivity contribution is 5.67. The Morgan fingerprint density at radius 3 is 2.50 bits per heavy atom. The normalized spacial score (nSPS) is 16.8. The van der Waals surface area contributed by atoms with Crippen molar-refractivity contribution in [3.05, 3.63) is 35.4 Å². The Morgan fingerprint density at radius 1 is 1.25 bits per heavy atom. The highest BCUT2D eigenvalue weighted by atomic mass is 19.4. The first-order valence-electron chi connectivity index (χ1n) is 8.10. The molecule has 0 unspecified atom stereocenters. The van der Waals surface area contributed by atoms with Crippen LogP contribution in [0.4, 0.5) is 18.0 Å². The average Bonchev–Trinajstić information content (AvgIpc) is 2.53. The number of carbonyl (C=O) groups excluding carboxylic acids is 1. The van der Waals surface area contributed by atoms with Gasteiger partial charge in [-0.3, -0.25) is 4.90 Å². The molecule has 134 valence electrons. The van der Waals surface area contributed by atoms with E-state index in [1.54, 1.807) is 0 Å². The smallest absolute Gasteiger partial charge is 0.422 e. The van der Waals surface area contributed by atoms with Crippen LogP contribution in [0.3, 0.4) is 0 Å². The van der Waals surface area contributed by atoms with Gasteiger partial charge in [0.25, 0.3) is 0 Å². The molecule has 1 N–H and O–H groups in total. The van der Waals surface area contributed by atoms with E-state index in [-0.39, 0.29) is 6.54 Å². The van der Waals surface area contributed by atoms with Gasteiger partial charge < -0.3 is 10.1 Å². The van der Waals surface area contributed by atoms with Crippen molar-refractivity contribution in [3.8, 4) is 0 Å². The third-order valence-corrected chi connectivity index (χ3v) is 4.18. The van der Waals surface area contributed by atoms with E-state index in [0.29, 0.717) is 0 Å². The maximum Gasteiger partial charge on any atom is 0.422 e. The number of hydrogen-bond acceptors (Lipinski definition) is 3. The molecule has 0 saturated carbocycles. The topological polar surface area (TPSA) is 41.6 Å². The van der Waals surface area contributed by atoms with E-state index < -0.39 is 18.9 Å². The number of nitrogens with zero attached hydrogens (tertiary/aromatic N) is 1. The van der Waals surface area contributed by atoms with E-state index in [9.17, 15) is 18.0 Å². The van der Waals surface area contributed by atoms with Crippen LogP contribution in [0, 0.1) is 5.92 Å². The summed E-state index contributed by atoms with van der Waals surface area (Å²) in [5.74, 6) is 0.751. The second kappa shape index (κ2) is 8.37. The molecule has 2 rings (SSSR count). The number of likely N-dealkylation sites (tertiary alicyclic amines) is 1. The molecule has 1 amide bonds. The van der Waals surface area contributed by atoms with Gasteiger partial charge in [-0.25, -0.2) is 4.79 Å². The van der Waals surface area contributed by atoms with Crippen LogP contribution in [0.2, 0.25) is 0 Å². The fourth-order valence-electron chi connectivity index (χ4n) is 2.71. The number of rotatable bonds is 5. The molecular formula is C17H23F3N2O2. The molecular weight excluding hydrogens is 321 g/mol. The molecule has 0 aliphatic carbocycles. The van der Waals surface area contributed by atoms with Gasteiger partial charge in [0.05, 0.1) is 0 Å². The molecule has 1 aromatic rings. The molecule has 1 fully saturated rings. The minimum Gasteiger partial charge on any atom is -0.440 e. The van der Waals surface area contributed by atoms with Crippen LogP contribution >= 0.6 is 0 Å². The van der Waals surface area contributed by atoms with E-state index in [0.717, 1.165) is 36.7 Å². The number of nitrogens with one attached hydrogen (secondary N) is 1. The zero-order valence-corrected chi connectivity index (χ0v) is 13.7. The molecule has 7 heteroatoms. The Balaban J connectivity index is 1.86. The summed E-state index contributed by atoms with van der Waals surface area (Å²) in [5, 5.41) is 2.38. The van der Waals surface area contributed by atoms with E-state index >= 15 is 0 Å². The number of piperidine rings is 1. The largest absolute Gasteiger partial charge is 0.440 e. The second-order valence-corrected chi connectivity index (χ2v) is 6.27. The van der Waals surface area contributed by atoms with Crippen molar-refractivity contribution < 1.29 is 22.7 Å². The molecule has 24 heavy (non-hydrogen) atoms. The first-order valence-corrected chi connectivity index (χ1v) is 8.10. The fourth-order valence-corrected chi connectivity index (χ4v) is 2.71. The van der Waals surface area contributed by atoms with E-state index in [2.05, 4.69) is 21.9 Å². The summed E-state index contributed by atoms with van der Waals surface area (Å²) < 4.78 is 40.2. The SMILES string of the molecule is CC1CCN(Cc2ccccc2CNC(=O)OCC(F)(F)F)CC1. The van der Waals surface area contributed by atoms with E-state index in [4.69, 9.17) is 0 Å². The van der Waals surface area contributed by atoms with E-state index in [1.165, 1.54) is 12.8 Å². The molecule has 0 radical (unpaired) electrons. The van der Waals surface area contributed by atoms with Crippen LogP contribution in [0.5, 0.6) is 0 Å². The number of benzene rings is 1. The molecule has 1 heterocycles. The van der Waals surface area contributed by atoms with Gasteiger partial charge in [-0.2, -0.15) is 13.2 Å². The van der Waals surface area contributed by atoms with E-state index in [1.807, 2.05) is 24.3 Å². The molecule has 0 atom stereocenters. The van der Waals surface area contributed by atoms with Crippen molar-refractivity contribution in [2.45, 2.75) is 39.0 Å². The molecule has 1 aliphatic heterocycles. The van der Waals surface area contributed by atoms with Crippen LogP contribution in [0.1, 0.15) is 30.9 Å². The summed E-state index contributed by atoms with van der Waals surface area (Å²) in [7, 11) is 0. The standard InChI is InChI=1S/C17H23F3N2O2/c1-13-6-8-22(9-7-13)11-15-5-3-2-4-14(15)10-21-16(23)24-12-17(18,19)20/h2-5,13H,6-12H2,1H3,(H,21,23). The molecule has 1 aromatic carbocycles. The van der Waals surface area contributed by atoms with Crippen molar-refractivity contribution in [1.29, 1.82) is 0 Å². The van der Waals surface area contributed by atoms with Crippen molar-refractivity contribution in [1.82, 2.24) is 10.2 Å². The van der Waals surface area contributed by atoms with Crippen molar-refractivity contribution >= 4 is 6.09 Å². The maximum absolute atomic E-state index is 12.0. The predicted molar refractivity (Wildman–Crippen MR) is 84.4 cm³/mol. The summed E-state index contributed by atoms with van der Waals surface area (Å²) in [5.41, 5.74) is 1.96. The molecule has 0 aromatic heterocycles. The Hall–Kier alpha value is -1.76. The minimum atomic E-state index is -4.51. The quantitative estimate of drug-likeness (QED) is 0.885. The van der Waals surface area contributed by atoms with Gasteiger partial charge in [-0.1, -0.05) is 31.2 Å². The lowest BCUT2D eigenvalue weighted by atomic mass is 9.98. The first-order chi connectivity index (χ1) is 11.3. The summed E-state index contributed by atoms with van der Waals surface area (Å²) >= 11 is 0. The molecule has 1 saturated heterocycles. The van der Waals surface area contributed by atoms with Gasteiger partial charge >= 0.3 is 12.3 Å². The lowest BCUT2D eigenvalue weighted by molar-refractivity contribution is -0.160. The Kier molecular flexibility index (Phi) is 6.48. The monoisotopic (exact) mass is 344 g/mol. The second-order valence-electron chi connectivity index (χ2n) is 6.27. The minimum absolute atomic E-state index is 0.150. The number of hydrogen-bond donors (Lipinski definition) is 1. The van der Waals surface area contributed by atoms with Crippen molar-refractivity contribution in [3.63, 3.8) is 0 Å². The van der Waals surface area contributed by atoms with Crippen molar-refractivity contribution in [2.75, 3.05) is 19.7 Å². The predicted octanol–water partition coefficient (Wildman–Crippen LogP) is 3.71. The maximum atomic E-state index is 12.0. The zero-order chi connectivity index (χ0) is 17.6. The summed E-state index contributed by atoms with van der Waals surface area (Å²) in [6.07, 6.45) is -3.23. The number of alkyl halides is 3. The van der Waals surface area contributed by atoms with Crippen LogP contribution in [-0.2, 0) is 17.8 Å². The summed E-state index contributed by atoms with van der Waals surface area (Å²) in [6.45, 7) is 3.68. The van der Waals surface area contributed by atoms with Crippen molar-refractivity contribution in [2.24, 2.45) is 5.92 Å². The third-order valence-electron chi connectivity index (χ3n) is 4.18. The van der Waals surface area contributed by atoms with Crippen LogP contribution < -0.4 is 5.32 Å². The molecule has 0 bridgehead atoms. The fraction of sp³-hybridized carbons (Fsp3) is 0.588. The Labute approximate surface area is 140 Å². The number of amides is 1. The molecule has 4 nitrogen and oxygen atoms in total. The first kappa shape index (κ1) is 18.6. The highest BCUT2D eigenvalue weighted by Crippen LogP contribution is 2.20. The van der Waals surface area contributed by atoms with Crippen LogP contribution in [-0.4, -0.2) is 36.9 Å². The van der Waals surface area contributed by atoms with Crippen LogP contribution in [0.15, 0.2) is 24.3 Å². The lowest BCUT2D eigenvalue weighted by Gasteiger charge is -2.30. The van der Waals surface area contributed by atoms with Gasteiger partial charge in [0.1, 0.15) is 0 Å². The summed E-state index contributed by atoms with van der Waals surface area (Å²) in [4.78, 5) is 13.7. The molecule has 1 aliphatic rings. The van der Waals surface area contributed by atoms with Gasteiger partial charge in [-0.15, -0.1) is 0 Å². The Bertz CT molecular complexity index is 541. The van der Waals surface area contributed by atoms with Gasteiger partial charge in [0.15, 0.2) is 6.61 Å². The number of carbonyl (C=O) groups is 1. The van der Waals surface area contributed by atoms with Crippen LogP contribution in [0.25, 0.3) is 0 Å². The van der Waals surface area contributed by atoms with Gasteiger partial charge in [0, 0.05) is 13.1 Å². The number of ether oxygens (including phenoxy) is 1. The number of alkyl carbamates (subject to hydrolysis) is 1. The van der Waals surface area contributed by atoms with Gasteiger partial charge in [-0.05, 0) is 43.0 Å². The van der Waals surface area contributed by atoms with Gasteiger partial charge in [0.2, 0.25) is 0 Å². The summed E-state index contributed by atoms with van der Waals surface area (Å²) in [6, 6.07) is 7.62. The highest BCUT2D eigenvalue weighted by Gasteiger charge is 2.29. The third kappa shape index (κ3) is 6.39. The Morgan fingerprint density at radius 2 is 1.88 bits per heavy atom. The zero-order valence-electron chi connectivity index (χ0n) is 13.7. The molecule has 0 spiro atoms. The average molecular weight is 344 g/mol. The lowest BCUT2D eigenvalue weighted by Crippen LogP contribution is -2.33.